The van der Waals surface area contributed by atoms with Crippen molar-refractivity contribution in [3.63, 3.8) is 0 Å². The summed E-state index contributed by atoms with van der Waals surface area (Å²) >= 11 is 0. The average molecular weight is 299 g/mol. The van der Waals surface area contributed by atoms with E-state index in [1.165, 1.54) is 18.5 Å². The highest BCUT2D eigenvalue weighted by atomic mass is 16.6. The Balaban J connectivity index is 2.40. The molecule has 2 unspecified atom stereocenters. The quantitative estimate of drug-likeness (QED) is 0.402. The lowest BCUT2D eigenvalue weighted by Gasteiger charge is -2.17. The van der Waals surface area contributed by atoms with Gasteiger partial charge in [0.15, 0.2) is 6.23 Å². The van der Waals surface area contributed by atoms with Crippen molar-refractivity contribution in [3.05, 3.63) is 44.9 Å². The maximum Gasteiger partial charge on any atom is 0.330 e. The molecule has 1 aromatic heterocycles. The predicted octanol–water partition coefficient (Wildman–Crippen LogP) is -2.84. The molecule has 1 fully saturated rings. The molecule has 1 aliphatic rings. The predicted molar refractivity (Wildman–Crippen MR) is 71.4 cm³/mol. The molecule has 1 saturated heterocycles. The van der Waals surface area contributed by atoms with E-state index < -0.39 is 42.4 Å². The maximum atomic E-state index is 11.8. The topological polar surface area (TPSA) is 151 Å². The summed E-state index contributed by atoms with van der Waals surface area (Å²) in [4.78, 5) is 25.6. The zero-order valence-electron chi connectivity index (χ0n) is 11.0. The molecule has 2 rings (SSSR count). The van der Waals surface area contributed by atoms with Gasteiger partial charge in [0, 0.05) is 11.8 Å². The minimum Gasteiger partial charge on any atom is -0.405 e. The van der Waals surface area contributed by atoms with Gasteiger partial charge in [0.25, 0.3) is 5.56 Å². The Morgan fingerprint density at radius 3 is 2.67 bits per heavy atom. The molecule has 21 heavy (non-hydrogen) atoms. The number of aromatic amines is 1. The van der Waals surface area contributed by atoms with E-state index in [0.29, 0.717) is 0 Å². The number of nitrogens with one attached hydrogen (secondary N) is 1. The van der Waals surface area contributed by atoms with E-state index in [4.69, 9.17) is 15.6 Å². The molecule has 0 amide bonds. The first kappa shape index (κ1) is 15.4. The molecule has 1 aromatic rings. The molecule has 0 spiro atoms. The third-order valence-electron chi connectivity index (χ3n) is 3.31. The summed E-state index contributed by atoms with van der Waals surface area (Å²) in [7, 11) is 0. The van der Waals surface area contributed by atoms with Crippen LogP contribution in [0.1, 0.15) is 11.8 Å². The van der Waals surface area contributed by atoms with Crippen molar-refractivity contribution >= 4 is 0 Å². The molecule has 1 aliphatic heterocycles. The van der Waals surface area contributed by atoms with E-state index in [1.54, 1.807) is 0 Å². The fourth-order valence-electron chi connectivity index (χ4n) is 2.17. The fraction of sp³-hybridized carbons (Fsp3) is 0.500. The Bertz CT molecular complexity index is 637. The Morgan fingerprint density at radius 1 is 1.38 bits per heavy atom. The molecule has 9 heteroatoms. The number of hydrogen-bond donors (Lipinski definition) is 5. The number of rotatable bonds is 4. The van der Waals surface area contributed by atoms with E-state index in [1.807, 2.05) is 0 Å². The highest BCUT2D eigenvalue weighted by molar-refractivity contribution is 5.10. The van der Waals surface area contributed by atoms with Gasteiger partial charge in [0.1, 0.15) is 18.3 Å². The number of hydrogen-bond acceptors (Lipinski definition) is 7. The molecule has 6 N–H and O–H groups in total. The highest BCUT2D eigenvalue weighted by Crippen LogP contribution is 2.27. The average Bonchev–Trinajstić information content (AvgIpc) is 2.74. The minimum atomic E-state index is -1.40. The van der Waals surface area contributed by atoms with E-state index in [-0.39, 0.29) is 12.0 Å². The van der Waals surface area contributed by atoms with Gasteiger partial charge in [-0.25, -0.2) is 4.79 Å². The van der Waals surface area contributed by atoms with E-state index in [0.717, 1.165) is 4.57 Å². The molecule has 0 aliphatic carbocycles. The molecule has 0 radical (unpaired) electrons. The van der Waals surface area contributed by atoms with Crippen molar-refractivity contribution < 1.29 is 20.1 Å². The first-order valence-corrected chi connectivity index (χ1v) is 6.33. The number of aliphatic hydroxyl groups excluding tert-OH is 3. The van der Waals surface area contributed by atoms with Crippen LogP contribution >= 0.6 is 0 Å². The Hall–Kier alpha value is -1.94. The maximum absolute atomic E-state index is 11.8. The summed E-state index contributed by atoms with van der Waals surface area (Å²) in [5.74, 6) is 0. The monoisotopic (exact) mass is 299 g/mol. The summed E-state index contributed by atoms with van der Waals surface area (Å²) in [5, 5.41) is 28.6. The lowest BCUT2D eigenvalue weighted by atomic mass is 10.1. The number of nitrogens with zero attached hydrogens (tertiary/aromatic N) is 1. The standard InChI is InChI=1S/C12H17N3O6/c13-3-1-2-6-4-15(12(20)14-10(6)19)11-9(18)8(17)7(5-16)21-11/h1,3-4,7-9,11,16-18H,2,5,13H2,(H,14,19,20)/t7-,8?,9?,11-/m0/s1. The first-order valence-electron chi connectivity index (χ1n) is 6.33. The smallest absolute Gasteiger partial charge is 0.330 e. The second-order valence-corrected chi connectivity index (χ2v) is 4.68. The van der Waals surface area contributed by atoms with Crippen molar-refractivity contribution in [2.45, 2.75) is 31.0 Å². The third kappa shape index (κ3) is 2.90. The molecular weight excluding hydrogens is 282 g/mol. The summed E-state index contributed by atoms with van der Waals surface area (Å²) in [6, 6.07) is 0. The number of ether oxygens (including phenoxy) is 1. The number of aromatic nitrogens is 2. The lowest BCUT2D eigenvalue weighted by Crippen LogP contribution is -2.38. The van der Waals surface area contributed by atoms with Gasteiger partial charge in [0.05, 0.1) is 6.61 Å². The SMILES string of the molecule is NC=CCc1cn([C@H]2O[C@@H](CO)C(O)C2O)c(=O)[nH]c1=O. The third-order valence-corrected chi connectivity index (χ3v) is 3.31. The van der Waals surface area contributed by atoms with Crippen LogP contribution in [0.15, 0.2) is 28.1 Å². The molecule has 9 nitrogen and oxygen atoms in total. The number of allylic oxidation sites excluding steroid dienone is 1. The molecule has 0 aromatic carbocycles. The zero-order chi connectivity index (χ0) is 15.6. The number of H-pyrrole nitrogens is 1. The van der Waals surface area contributed by atoms with Crippen LogP contribution in [-0.2, 0) is 11.2 Å². The lowest BCUT2D eigenvalue weighted by molar-refractivity contribution is -0.0551. The summed E-state index contributed by atoms with van der Waals surface area (Å²) in [6.45, 7) is -0.504. The largest absolute Gasteiger partial charge is 0.405 e. The minimum absolute atomic E-state index is 0.195. The van der Waals surface area contributed by atoms with Gasteiger partial charge in [-0.2, -0.15) is 0 Å². The molecule has 116 valence electrons. The summed E-state index contributed by atoms with van der Waals surface area (Å²) < 4.78 is 6.23. The molecular formula is C12H17N3O6. The van der Waals surface area contributed by atoms with E-state index in [2.05, 4.69) is 4.98 Å². The van der Waals surface area contributed by atoms with Crippen molar-refractivity contribution in [2.24, 2.45) is 5.73 Å². The van der Waals surface area contributed by atoms with Gasteiger partial charge in [-0.1, -0.05) is 6.08 Å². The van der Waals surface area contributed by atoms with Crippen LogP contribution in [0.2, 0.25) is 0 Å². The highest BCUT2D eigenvalue weighted by Gasteiger charge is 2.43. The fourth-order valence-corrected chi connectivity index (χ4v) is 2.17. The van der Waals surface area contributed by atoms with Gasteiger partial charge in [-0.05, 0) is 12.6 Å². The molecule has 0 saturated carbocycles. The van der Waals surface area contributed by atoms with Crippen molar-refractivity contribution in [3.8, 4) is 0 Å². The van der Waals surface area contributed by atoms with Crippen LogP contribution in [0.4, 0.5) is 0 Å². The Labute approximate surface area is 118 Å². The number of aliphatic hydroxyl groups is 3. The van der Waals surface area contributed by atoms with Gasteiger partial charge in [-0.15, -0.1) is 0 Å². The van der Waals surface area contributed by atoms with Gasteiger partial charge in [-0.3, -0.25) is 14.3 Å². The molecule has 2 heterocycles. The van der Waals surface area contributed by atoms with Crippen molar-refractivity contribution in [2.75, 3.05) is 6.61 Å². The van der Waals surface area contributed by atoms with Crippen LogP contribution in [0, 0.1) is 0 Å². The van der Waals surface area contributed by atoms with Gasteiger partial charge < -0.3 is 25.8 Å². The van der Waals surface area contributed by atoms with Crippen LogP contribution in [0.25, 0.3) is 0 Å². The van der Waals surface area contributed by atoms with Crippen molar-refractivity contribution in [1.82, 2.24) is 9.55 Å². The summed E-state index contributed by atoms with van der Waals surface area (Å²) in [6.07, 6.45) is -0.700. The number of nitrogens with two attached hydrogens (primary N) is 1. The first-order chi connectivity index (χ1) is 9.99. The van der Waals surface area contributed by atoms with E-state index >= 15 is 0 Å². The Morgan fingerprint density at radius 2 is 2.10 bits per heavy atom. The Kier molecular flexibility index (Phi) is 4.58. The second-order valence-electron chi connectivity index (χ2n) is 4.68. The van der Waals surface area contributed by atoms with Crippen LogP contribution < -0.4 is 17.0 Å². The second kappa shape index (κ2) is 6.22. The van der Waals surface area contributed by atoms with Gasteiger partial charge >= 0.3 is 5.69 Å². The normalized spacial score (nSPS) is 29.3. The van der Waals surface area contributed by atoms with Crippen LogP contribution in [-0.4, -0.2) is 49.8 Å². The zero-order valence-corrected chi connectivity index (χ0v) is 11.0. The van der Waals surface area contributed by atoms with E-state index in [9.17, 15) is 19.8 Å². The van der Waals surface area contributed by atoms with Gasteiger partial charge in [0.2, 0.25) is 0 Å². The molecule has 0 bridgehead atoms. The van der Waals surface area contributed by atoms with Crippen LogP contribution in [0.5, 0.6) is 0 Å². The molecule has 4 atom stereocenters. The van der Waals surface area contributed by atoms with Crippen molar-refractivity contribution in [1.29, 1.82) is 0 Å². The van der Waals surface area contributed by atoms with Crippen LogP contribution in [0.3, 0.4) is 0 Å². The summed E-state index contributed by atoms with van der Waals surface area (Å²) in [5.41, 5.74) is 4.10.